The molecule has 4 heteroatoms. The topological polar surface area (TPSA) is 41.6 Å². The summed E-state index contributed by atoms with van der Waals surface area (Å²) in [7, 11) is 0. The lowest BCUT2D eigenvalue weighted by atomic mass is 9.70. The van der Waals surface area contributed by atoms with Gasteiger partial charge in [-0.25, -0.2) is 0 Å². The van der Waals surface area contributed by atoms with E-state index in [2.05, 4.69) is 28.9 Å². The molecule has 3 nitrogen and oxygen atoms in total. The molecule has 1 aliphatic carbocycles. The summed E-state index contributed by atoms with van der Waals surface area (Å²) in [5, 5.41) is 0.758. The minimum absolute atomic E-state index is 0.0882. The van der Waals surface area contributed by atoms with Gasteiger partial charge in [-0.15, -0.1) is 0 Å². The van der Waals surface area contributed by atoms with Gasteiger partial charge >= 0.3 is 0 Å². The molecule has 1 fully saturated rings. The quantitative estimate of drug-likeness (QED) is 0.900. The Morgan fingerprint density at radius 2 is 2.10 bits per heavy atom. The molecule has 2 N–H and O–H groups in total. The van der Waals surface area contributed by atoms with Crippen LogP contribution in [0.4, 0.5) is 5.69 Å². The molecule has 0 amide bonds. The first-order chi connectivity index (χ1) is 9.67. The van der Waals surface area contributed by atoms with Crippen LogP contribution in [0, 0.1) is 5.92 Å². The second-order valence-electron chi connectivity index (χ2n) is 5.94. The van der Waals surface area contributed by atoms with Gasteiger partial charge in [-0.3, -0.25) is 4.99 Å². The van der Waals surface area contributed by atoms with Gasteiger partial charge in [0.05, 0.1) is 12.1 Å². The molecule has 0 radical (unpaired) electrons. The van der Waals surface area contributed by atoms with Gasteiger partial charge in [0.1, 0.15) is 0 Å². The average Bonchev–Trinajstić information content (AvgIpc) is 2.78. The summed E-state index contributed by atoms with van der Waals surface area (Å²) in [4.78, 5) is 6.85. The zero-order valence-corrected chi connectivity index (χ0v) is 12.7. The molecule has 1 saturated carbocycles. The van der Waals surface area contributed by atoms with Crippen molar-refractivity contribution in [1.29, 1.82) is 0 Å². The second-order valence-corrected chi connectivity index (χ2v) is 6.38. The van der Waals surface area contributed by atoms with Crippen molar-refractivity contribution < 1.29 is 0 Å². The van der Waals surface area contributed by atoms with E-state index < -0.39 is 0 Å². The number of nitrogens with zero attached hydrogens (tertiary/aromatic N) is 2. The van der Waals surface area contributed by atoms with Gasteiger partial charge < -0.3 is 10.6 Å². The summed E-state index contributed by atoms with van der Waals surface area (Å²) < 4.78 is 0. The van der Waals surface area contributed by atoms with Crippen LogP contribution in [0.25, 0.3) is 0 Å². The number of aliphatic imine (C=N–C) groups is 1. The number of hydrogen-bond donors (Lipinski definition) is 1. The van der Waals surface area contributed by atoms with Gasteiger partial charge in [-0.05, 0) is 43.0 Å². The summed E-state index contributed by atoms with van der Waals surface area (Å²) in [5.74, 6) is 1.32. The predicted octanol–water partition coefficient (Wildman–Crippen LogP) is 3.81. The first-order valence-electron chi connectivity index (χ1n) is 7.53. The highest BCUT2D eigenvalue weighted by atomic mass is 35.5. The van der Waals surface area contributed by atoms with Crippen LogP contribution in [-0.2, 0) is 0 Å². The van der Waals surface area contributed by atoms with Crippen LogP contribution in [0.3, 0.4) is 0 Å². The summed E-state index contributed by atoms with van der Waals surface area (Å²) >= 11 is 6.01. The Bertz CT molecular complexity index is 511. The lowest BCUT2D eigenvalue weighted by Gasteiger charge is -2.47. The lowest BCUT2D eigenvalue weighted by molar-refractivity contribution is 0.201. The summed E-state index contributed by atoms with van der Waals surface area (Å²) in [5.41, 5.74) is 7.42. The van der Waals surface area contributed by atoms with Crippen molar-refractivity contribution in [1.82, 2.24) is 0 Å². The van der Waals surface area contributed by atoms with E-state index >= 15 is 0 Å². The zero-order valence-electron chi connectivity index (χ0n) is 12.0. The summed E-state index contributed by atoms with van der Waals surface area (Å²) in [6.45, 7) is 3.12. The van der Waals surface area contributed by atoms with Crippen molar-refractivity contribution >= 4 is 23.2 Å². The third-order valence-corrected chi connectivity index (χ3v) is 5.19. The van der Waals surface area contributed by atoms with Crippen molar-refractivity contribution in [3.8, 4) is 0 Å². The normalized spacial score (nSPS) is 29.8. The maximum Gasteiger partial charge on any atom is 0.196 e. The fraction of sp³-hybridized carbons (Fsp3) is 0.562. The number of nitrogens with two attached hydrogens (primary N) is 1. The Morgan fingerprint density at radius 1 is 1.35 bits per heavy atom. The molecular weight excluding hydrogens is 270 g/mol. The molecule has 0 bridgehead atoms. The molecule has 1 aromatic carbocycles. The fourth-order valence-corrected chi connectivity index (χ4v) is 4.07. The third kappa shape index (κ3) is 2.08. The molecule has 1 aliphatic heterocycles. The van der Waals surface area contributed by atoms with Crippen LogP contribution >= 0.6 is 11.6 Å². The van der Waals surface area contributed by atoms with Crippen LogP contribution in [0.15, 0.2) is 29.3 Å². The van der Waals surface area contributed by atoms with Crippen molar-refractivity contribution in [2.75, 3.05) is 11.4 Å². The van der Waals surface area contributed by atoms with Crippen LogP contribution < -0.4 is 10.6 Å². The molecule has 0 saturated heterocycles. The first kappa shape index (κ1) is 13.7. The van der Waals surface area contributed by atoms with Crippen LogP contribution in [0.1, 0.15) is 39.0 Å². The summed E-state index contributed by atoms with van der Waals surface area (Å²) in [6, 6.07) is 7.97. The fourth-order valence-electron chi connectivity index (χ4n) is 3.95. The minimum Gasteiger partial charge on any atom is -0.369 e. The molecular formula is C16H22ClN3. The van der Waals surface area contributed by atoms with Crippen molar-refractivity contribution in [2.24, 2.45) is 16.6 Å². The van der Waals surface area contributed by atoms with E-state index in [0.717, 1.165) is 17.3 Å². The molecule has 1 aromatic rings. The predicted molar refractivity (Wildman–Crippen MR) is 85.4 cm³/mol. The van der Waals surface area contributed by atoms with E-state index in [0.29, 0.717) is 11.9 Å². The van der Waals surface area contributed by atoms with E-state index in [1.165, 1.54) is 32.1 Å². The molecule has 3 rings (SSSR count). The molecule has 20 heavy (non-hydrogen) atoms. The van der Waals surface area contributed by atoms with Gasteiger partial charge in [0.2, 0.25) is 0 Å². The van der Waals surface area contributed by atoms with Crippen LogP contribution in [0.5, 0.6) is 0 Å². The number of halogens is 1. The van der Waals surface area contributed by atoms with Gasteiger partial charge in [0, 0.05) is 10.7 Å². The van der Waals surface area contributed by atoms with E-state index in [9.17, 15) is 0 Å². The molecule has 2 atom stereocenters. The highest BCUT2D eigenvalue weighted by molar-refractivity contribution is 6.30. The lowest BCUT2D eigenvalue weighted by Crippen LogP contribution is -2.57. The molecule has 0 aromatic heterocycles. The monoisotopic (exact) mass is 291 g/mol. The Hall–Kier alpha value is -1.22. The Morgan fingerprint density at radius 3 is 2.80 bits per heavy atom. The molecule has 108 valence electrons. The van der Waals surface area contributed by atoms with E-state index in [1.54, 1.807) is 0 Å². The maximum atomic E-state index is 6.21. The van der Waals surface area contributed by atoms with Gasteiger partial charge in [-0.1, -0.05) is 37.8 Å². The third-order valence-electron chi connectivity index (χ3n) is 4.94. The summed E-state index contributed by atoms with van der Waals surface area (Å²) in [6.07, 6.45) is 6.24. The van der Waals surface area contributed by atoms with Gasteiger partial charge in [0.25, 0.3) is 0 Å². The van der Waals surface area contributed by atoms with Gasteiger partial charge in [0.15, 0.2) is 5.96 Å². The Labute approximate surface area is 125 Å². The molecule has 2 unspecified atom stereocenters. The zero-order chi connectivity index (χ0) is 14.2. The minimum atomic E-state index is 0.0882. The number of rotatable bonds is 2. The van der Waals surface area contributed by atoms with Crippen LogP contribution in [0.2, 0.25) is 5.02 Å². The van der Waals surface area contributed by atoms with E-state index in [-0.39, 0.29) is 5.54 Å². The standard InChI is InChI=1S/C16H22ClN3/c1-2-12-5-3-4-10-16(12)11-19-15(18)20(16)14-8-6-13(17)7-9-14/h6-9,12H,2-5,10-11H2,1H3,(H2,18,19). The molecule has 2 aliphatic rings. The number of hydrogen-bond acceptors (Lipinski definition) is 3. The van der Waals surface area contributed by atoms with E-state index in [4.69, 9.17) is 17.3 Å². The first-order valence-corrected chi connectivity index (χ1v) is 7.91. The highest BCUT2D eigenvalue weighted by Crippen LogP contribution is 2.45. The molecule has 1 spiro atoms. The van der Waals surface area contributed by atoms with Crippen molar-refractivity contribution in [2.45, 2.75) is 44.6 Å². The average molecular weight is 292 g/mol. The van der Waals surface area contributed by atoms with Crippen molar-refractivity contribution in [3.05, 3.63) is 29.3 Å². The largest absolute Gasteiger partial charge is 0.369 e. The maximum absolute atomic E-state index is 6.21. The molecule has 1 heterocycles. The van der Waals surface area contributed by atoms with E-state index in [1.807, 2.05) is 12.1 Å². The van der Waals surface area contributed by atoms with Gasteiger partial charge in [-0.2, -0.15) is 0 Å². The van der Waals surface area contributed by atoms with Crippen molar-refractivity contribution in [3.63, 3.8) is 0 Å². The Kier molecular flexibility index (Phi) is 3.63. The van der Waals surface area contributed by atoms with Crippen LogP contribution in [-0.4, -0.2) is 18.0 Å². The SMILES string of the molecule is CCC1CCCCC12CN=C(N)N2c1ccc(Cl)cc1. The second kappa shape index (κ2) is 5.28. The number of benzene rings is 1. The smallest absolute Gasteiger partial charge is 0.196 e. The Balaban J connectivity index is 2.00. The number of guanidine groups is 1. The highest BCUT2D eigenvalue weighted by Gasteiger charge is 2.49. The number of anilines is 1.